The monoisotopic (exact) mass is 568 g/mol. The normalized spacial score (nSPS) is 19.7. The minimum absolute atomic E-state index is 0.0555. The Morgan fingerprint density at radius 1 is 1.10 bits per heavy atom. The average molecular weight is 569 g/mol. The molecule has 1 aliphatic carbocycles. The van der Waals surface area contributed by atoms with Crippen LogP contribution in [0, 0.1) is 0 Å². The number of aliphatic carboxylic acids is 1. The molecule has 11 heteroatoms. The number of hydrogen-bond donors (Lipinski definition) is 3. The first-order valence-electron chi connectivity index (χ1n) is 13.9. The maximum Gasteiger partial charge on any atom is 0.319 e. The minimum atomic E-state index is -1.75. The number of aliphatic imine (C=N–C) groups is 1. The zero-order chi connectivity index (χ0) is 29.3. The summed E-state index contributed by atoms with van der Waals surface area (Å²) < 4.78 is 5.33. The van der Waals surface area contributed by atoms with Gasteiger partial charge in [-0.2, -0.15) is 0 Å². The van der Waals surface area contributed by atoms with E-state index in [4.69, 9.17) is 9.84 Å². The predicted molar refractivity (Wildman–Crippen MR) is 154 cm³/mol. The largest absolute Gasteiger partial charge is 0.481 e. The fourth-order valence-corrected chi connectivity index (χ4v) is 8.45. The van der Waals surface area contributed by atoms with Crippen molar-refractivity contribution in [1.82, 2.24) is 15.5 Å². The number of rotatable bonds is 9. The van der Waals surface area contributed by atoms with Gasteiger partial charge in [0, 0.05) is 10.6 Å². The standard InChI is InChI=1S/C29H40N4O6Si/c1-28(2)21-16-30-25(32-26(37)29(14-9-15-29)40(3,4)5)20(21)17-33(28)27(38)31-22(19-10-7-6-8-11-19)18-39-24(36)13-12-23(34)35/h6-8,10-11,22H,9,12-18H2,1-5H3,(H,31,38)(H,34,35)(H,30,32,37)/t22-/m1/s1. The van der Waals surface area contributed by atoms with Gasteiger partial charge in [-0.1, -0.05) is 56.4 Å². The van der Waals surface area contributed by atoms with Crippen molar-refractivity contribution in [3.63, 3.8) is 0 Å². The lowest BCUT2D eigenvalue weighted by Gasteiger charge is -2.49. The van der Waals surface area contributed by atoms with Gasteiger partial charge in [0.05, 0.1) is 45.6 Å². The number of nitrogens with one attached hydrogen (secondary N) is 2. The molecule has 3 amide bonds. The predicted octanol–water partition coefficient (Wildman–Crippen LogP) is 4.03. The van der Waals surface area contributed by atoms with Crippen molar-refractivity contribution >= 4 is 37.8 Å². The Hall–Kier alpha value is -3.47. The summed E-state index contributed by atoms with van der Waals surface area (Å²) in [7, 11) is -1.75. The first-order valence-corrected chi connectivity index (χ1v) is 17.4. The van der Waals surface area contributed by atoms with Crippen molar-refractivity contribution in [2.45, 2.75) is 82.2 Å². The van der Waals surface area contributed by atoms with E-state index in [2.05, 4.69) is 35.3 Å². The van der Waals surface area contributed by atoms with Gasteiger partial charge in [0.25, 0.3) is 0 Å². The molecule has 0 unspecified atom stereocenters. The van der Waals surface area contributed by atoms with Crippen LogP contribution in [-0.4, -0.2) is 73.0 Å². The highest BCUT2D eigenvalue weighted by Crippen LogP contribution is 2.55. The van der Waals surface area contributed by atoms with Gasteiger partial charge >= 0.3 is 18.0 Å². The molecule has 2 aliphatic heterocycles. The van der Waals surface area contributed by atoms with Crippen LogP contribution >= 0.6 is 0 Å². The molecule has 1 aromatic carbocycles. The van der Waals surface area contributed by atoms with Crippen molar-refractivity contribution in [2.75, 3.05) is 19.7 Å². The van der Waals surface area contributed by atoms with Crippen molar-refractivity contribution in [2.24, 2.45) is 4.99 Å². The van der Waals surface area contributed by atoms with E-state index >= 15 is 0 Å². The van der Waals surface area contributed by atoms with Crippen LogP contribution in [-0.2, 0) is 19.1 Å². The number of urea groups is 1. The van der Waals surface area contributed by atoms with E-state index in [1.165, 1.54) is 0 Å². The third kappa shape index (κ3) is 5.70. The van der Waals surface area contributed by atoms with Crippen LogP contribution in [0.1, 0.15) is 57.6 Å². The summed E-state index contributed by atoms with van der Waals surface area (Å²) in [4.78, 5) is 56.4. The number of amidine groups is 1. The van der Waals surface area contributed by atoms with E-state index in [1.54, 1.807) is 4.90 Å². The fraction of sp³-hybridized carbons (Fsp3) is 0.552. The number of benzene rings is 1. The Morgan fingerprint density at radius 2 is 1.77 bits per heavy atom. The van der Waals surface area contributed by atoms with Gasteiger partial charge in [-0.25, -0.2) is 4.79 Å². The Kier molecular flexibility index (Phi) is 8.25. The number of nitrogens with zero attached hydrogens (tertiary/aromatic N) is 2. The highest BCUT2D eigenvalue weighted by Gasteiger charge is 2.54. The number of ether oxygens (including phenoxy) is 1. The van der Waals surface area contributed by atoms with Gasteiger partial charge in [-0.15, -0.1) is 0 Å². The maximum absolute atomic E-state index is 13.7. The number of esters is 1. The molecule has 1 aromatic rings. The number of carboxylic acid groups (broad SMARTS) is 1. The number of amides is 3. The molecule has 40 heavy (non-hydrogen) atoms. The van der Waals surface area contributed by atoms with Gasteiger partial charge in [0.2, 0.25) is 5.91 Å². The summed E-state index contributed by atoms with van der Waals surface area (Å²) in [5.41, 5.74) is 2.01. The first-order chi connectivity index (χ1) is 18.8. The number of carboxylic acids is 1. The molecule has 0 radical (unpaired) electrons. The molecule has 1 atom stereocenters. The van der Waals surface area contributed by atoms with Crippen LogP contribution in [0.25, 0.3) is 0 Å². The fourth-order valence-electron chi connectivity index (χ4n) is 5.85. The summed E-state index contributed by atoms with van der Waals surface area (Å²) in [6, 6.07) is 8.21. The minimum Gasteiger partial charge on any atom is -0.481 e. The molecule has 1 saturated carbocycles. The molecule has 0 aromatic heterocycles. The quantitative estimate of drug-likeness (QED) is 0.304. The summed E-state index contributed by atoms with van der Waals surface area (Å²) in [6.07, 6.45) is 2.33. The van der Waals surface area contributed by atoms with Crippen molar-refractivity contribution in [3.8, 4) is 0 Å². The zero-order valence-corrected chi connectivity index (χ0v) is 25.0. The molecule has 4 rings (SSSR count). The molecular formula is C29H40N4O6Si. The van der Waals surface area contributed by atoms with Crippen molar-refractivity contribution in [3.05, 3.63) is 47.0 Å². The first kappa shape index (κ1) is 29.5. The Morgan fingerprint density at radius 3 is 2.35 bits per heavy atom. The van der Waals surface area contributed by atoms with Crippen molar-refractivity contribution < 1.29 is 29.0 Å². The summed E-state index contributed by atoms with van der Waals surface area (Å²) in [6.45, 7) is 11.2. The molecule has 3 N–H and O–H groups in total. The Balaban J connectivity index is 1.45. The number of carbonyl (C=O) groups is 4. The van der Waals surface area contributed by atoms with Crippen LogP contribution in [0.4, 0.5) is 4.79 Å². The number of carbonyl (C=O) groups excluding carboxylic acids is 3. The zero-order valence-electron chi connectivity index (χ0n) is 24.0. The third-order valence-electron chi connectivity index (χ3n) is 8.78. The van der Waals surface area contributed by atoms with Crippen LogP contribution < -0.4 is 10.6 Å². The van der Waals surface area contributed by atoms with Gasteiger partial charge in [-0.05, 0) is 37.8 Å². The lowest BCUT2D eigenvalue weighted by molar-refractivity contribution is -0.148. The van der Waals surface area contributed by atoms with Crippen LogP contribution in [0.2, 0.25) is 24.7 Å². The van der Waals surface area contributed by atoms with Gasteiger partial charge in [0.1, 0.15) is 12.4 Å². The summed E-state index contributed by atoms with van der Waals surface area (Å²) >= 11 is 0. The third-order valence-corrected chi connectivity index (χ3v) is 12.4. The van der Waals surface area contributed by atoms with Crippen LogP contribution in [0.3, 0.4) is 0 Å². The SMILES string of the molecule is CC1(C)C2=C(CN1C(=O)N[C@H](COC(=O)CCC(=O)O)c1ccccc1)C(NC(=O)C1([Si](C)(C)C)CCC1)=NC2. The second-order valence-corrected chi connectivity index (χ2v) is 17.9. The molecule has 0 saturated heterocycles. The molecule has 0 bridgehead atoms. The number of hydrogen-bond acceptors (Lipinski definition) is 6. The van der Waals surface area contributed by atoms with Crippen molar-refractivity contribution in [1.29, 1.82) is 0 Å². The lowest BCUT2D eigenvalue weighted by atomic mass is 9.83. The summed E-state index contributed by atoms with van der Waals surface area (Å²) in [5.74, 6) is -1.09. The van der Waals surface area contributed by atoms with E-state index in [0.717, 1.165) is 36.0 Å². The molecule has 10 nitrogen and oxygen atoms in total. The maximum atomic E-state index is 13.7. The smallest absolute Gasteiger partial charge is 0.319 e. The Bertz CT molecular complexity index is 1250. The molecule has 1 fully saturated rings. The molecule has 0 spiro atoms. The second-order valence-electron chi connectivity index (χ2n) is 12.4. The van der Waals surface area contributed by atoms with Crippen LogP contribution in [0.15, 0.2) is 46.5 Å². The Labute approximate surface area is 236 Å². The van der Waals surface area contributed by atoms with Crippen LogP contribution in [0.5, 0.6) is 0 Å². The summed E-state index contributed by atoms with van der Waals surface area (Å²) in [5, 5.41) is 14.7. The molecule has 216 valence electrons. The van der Waals surface area contributed by atoms with Gasteiger partial charge in [0.15, 0.2) is 0 Å². The van der Waals surface area contributed by atoms with E-state index in [1.807, 2.05) is 44.2 Å². The molecular weight excluding hydrogens is 528 g/mol. The van der Waals surface area contributed by atoms with Gasteiger partial charge in [-0.3, -0.25) is 19.4 Å². The second kappa shape index (κ2) is 11.2. The lowest BCUT2D eigenvalue weighted by Crippen LogP contribution is -2.55. The molecule has 3 aliphatic rings. The highest BCUT2D eigenvalue weighted by molar-refractivity contribution is 6.82. The van der Waals surface area contributed by atoms with E-state index in [-0.39, 0.29) is 36.4 Å². The topological polar surface area (TPSA) is 137 Å². The van der Waals surface area contributed by atoms with Gasteiger partial charge < -0.3 is 25.4 Å². The van der Waals surface area contributed by atoms with E-state index < -0.39 is 31.6 Å². The molecule has 2 heterocycles. The van der Waals surface area contributed by atoms with E-state index in [9.17, 15) is 19.2 Å². The highest BCUT2D eigenvalue weighted by atomic mass is 28.3. The average Bonchev–Trinajstić information content (AvgIpc) is 3.36. The van der Waals surface area contributed by atoms with E-state index in [0.29, 0.717) is 18.9 Å².